The minimum Gasteiger partial charge on any atom is -0.775 e. The van der Waals surface area contributed by atoms with E-state index >= 15 is 0 Å². The number of rotatable bonds is 3. The number of hydrogen-bond acceptors (Lipinski definition) is 6. The Bertz CT molecular complexity index is 657. The van der Waals surface area contributed by atoms with E-state index in [9.17, 15) is 13.6 Å². The van der Waals surface area contributed by atoms with Crippen molar-refractivity contribution in [2.45, 2.75) is 9.79 Å². The molecule has 0 fully saturated rings. The molecule has 0 N–H and O–H groups in total. The fourth-order valence-corrected chi connectivity index (χ4v) is 2.59. The van der Waals surface area contributed by atoms with Gasteiger partial charge in [-0.2, -0.15) is 0 Å². The molecule has 0 radical (unpaired) electrons. The molecule has 0 spiro atoms. The van der Waals surface area contributed by atoms with Crippen LogP contribution in [-0.2, 0) is 9.84 Å². The second-order valence-corrected chi connectivity index (χ2v) is 5.30. The normalized spacial score (nSPS) is 11.2. The summed E-state index contributed by atoms with van der Waals surface area (Å²) in [6, 6.07) is 10.7. The van der Waals surface area contributed by atoms with Crippen LogP contribution < -0.4 is 29.6 Å². The van der Waals surface area contributed by atoms with Gasteiger partial charge in [0.1, 0.15) is 0 Å². The van der Waals surface area contributed by atoms with Crippen molar-refractivity contribution in [3.8, 4) is 0 Å². The van der Waals surface area contributed by atoms with E-state index in [1.165, 1.54) is 24.3 Å². The van der Waals surface area contributed by atoms with Crippen LogP contribution in [0.2, 0.25) is 0 Å². The molecular weight excluding hydrogens is 277 g/mol. The minimum absolute atomic E-state index is 0. The van der Waals surface area contributed by atoms with Crippen LogP contribution in [0.5, 0.6) is 0 Å². The summed E-state index contributed by atoms with van der Waals surface area (Å²) in [5.74, 6) is 0.0667. The fraction of sp³-hybridized carbons (Fsp3) is 0. The summed E-state index contributed by atoms with van der Waals surface area (Å²) in [5.41, 5.74) is 0. The zero-order chi connectivity index (χ0) is 13.0. The molecule has 8 heteroatoms. The zero-order valence-corrected chi connectivity index (χ0v) is 12.9. The van der Waals surface area contributed by atoms with E-state index in [-0.39, 0.29) is 45.2 Å². The van der Waals surface area contributed by atoms with E-state index in [0.29, 0.717) is 0 Å². The first-order chi connectivity index (χ1) is 8.64. The second-order valence-electron chi connectivity index (χ2n) is 3.35. The third-order valence-corrected chi connectivity index (χ3v) is 3.98. The molecule has 1 aromatic heterocycles. The van der Waals surface area contributed by atoms with Crippen LogP contribution in [0.3, 0.4) is 0 Å². The molecule has 0 bridgehead atoms. The van der Waals surface area contributed by atoms with Crippen LogP contribution in [0, 0.1) is 5.21 Å². The van der Waals surface area contributed by atoms with Crippen molar-refractivity contribution in [3.05, 3.63) is 53.9 Å². The molecule has 0 aliphatic rings. The van der Waals surface area contributed by atoms with Gasteiger partial charge in [0.05, 0.1) is 9.79 Å². The average Bonchev–Trinajstić information content (AvgIpc) is 2.41. The molecule has 0 atom stereocenters. The van der Waals surface area contributed by atoms with E-state index in [2.05, 4.69) is 15.4 Å². The van der Waals surface area contributed by atoms with E-state index < -0.39 is 9.84 Å². The van der Waals surface area contributed by atoms with Gasteiger partial charge in [-0.1, -0.05) is 18.2 Å². The van der Waals surface area contributed by atoms with Crippen molar-refractivity contribution in [2.24, 2.45) is 10.4 Å². The maximum atomic E-state index is 12.1. The fourth-order valence-electron chi connectivity index (χ4n) is 1.37. The summed E-state index contributed by atoms with van der Waals surface area (Å²) in [5, 5.41) is 15.4. The van der Waals surface area contributed by atoms with Crippen molar-refractivity contribution in [3.63, 3.8) is 0 Å². The molecule has 0 aliphatic heterocycles. The summed E-state index contributed by atoms with van der Waals surface area (Å²) < 4.78 is 24.3. The van der Waals surface area contributed by atoms with Gasteiger partial charge in [-0.3, -0.25) is 0 Å². The molecule has 0 saturated heterocycles. The first-order valence-corrected chi connectivity index (χ1v) is 6.42. The Kier molecular flexibility index (Phi) is 5.61. The Hall–Kier alpha value is -1.28. The molecule has 0 saturated carbocycles. The molecule has 0 amide bonds. The van der Waals surface area contributed by atoms with E-state index in [4.69, 9.17) is 0 Å². The molecule has 6 nitrogen and oxygen atoms in total. The Balaban J connectivity index is 0.00000180. The summed E-state index contributed by atoms with van der Waals surface area (Å²) in [7, 11) is -3.58. The largest absolute Gasteiger partial charge is 1.00 e. The smallest absolute Gasteiger partial charge is 0.775 e. The van der Waals surface area contributed by atoms with Crippen molar-refractivity contribution in [2.75, 3.05) is 0 Å². The second kappa shape index (κ2) is 6.76. The Morgan fingerprint density at radius 2 is 1.68 bits per heavy atom. The van der Waals surface area contributed by atoms with Gasteiger partial charge in [0.2, 0.25) is 9.84 Å². The topological polar surface area (TPSA) is 94.8 Å². The standard InChI is InChI=1S/C11H9N3O3S.Na/c15-14-13-11-7-6-10(8-12-11)18(16,17)9-4-2-1-3-5-9;/h1-8H,(H,12,13,15);/q;+1/p-1. The quantitative estimate of drug-likeness (QED) is 0.431. The van der Waals surface area contributed by atoms with Crippen LogP contribution >= 0.6 is 0 Å². The summed E-state index contributed by atoms with van der Waals surface area (Å²) >= 11 is 0. The van der Waals surface area contributed by atoms with Crippen molar-refractivity contribution in [1.29, 1.82) is 0 Å². The average molecular weight is 285 g/mol. The molecule has 2 rings (SSSR count). The van der Waals surface area contributed by atoms with Gasteiger partial charge < -0.3 is 5.21 Å². The molecule has 2 aromatic rings. The zero-order valence-electron chi connectivity index (χ0n) is 10.1. The van der Waals surface area contributed by atoms with Crippen LogP contribution in [0.4, 0.5) is 5.82 Å². The molecule has 92 valence electrons. The predicted octanol–water partition coefficient (Wildman–Crippen LogP) is -0.500. The molecule has 0 unspecified atom stereocenters. The van der Waals surface area contributed by atoms with Crippen molar-refractivity contribution >= 4 is 15.7 Å². The molecule has 19 heavy (non-hydrogen) atoms. The maximum absolute atomic E-state index is 12.1. The number of sulfone groups is 1. The van der Waals surface area contributed by atoms with Gasteiger partial charge >= 0.3 is 29.6 Å². The summed E-state index contributed by atoms with van der Waals surface area (Å²) in [6.07, 6.45) is 1.15. The Labute approximate surface area is 132 Å². The third-order valence-electron chi connectivity index (χ3n) is 2.23. The Morgan fingerprint density at radius 1 is 1.00 bits per heavy atom. The number of pyridine rings is 1. The first-order valence-electron chi connectivity index (χ1n) is 4.94. The molecule has 1 heterocycles. The van der Waals surface area contributed by atoms with E-state index in [1.54, 1.807) is 18.2 Å². The number of aromatic nitrogens is 1. The first kappa shape index (κ1) is 15.8. The van der Waals surface area contributed by atoms with Gasteiger partial charge in [-0.05, 0) is 24.3 Å². The molecule has 0 aliphatic carbocycles. The van der Waals surface area contributed by atoms with Crippen LogP contribution in [0.25, 0.3) is 0 Å². The van der Waals surface area contributed by atoms with Gasteiger partial charge in [0, 0.05) is 6.20 Å². The number of hydrogen-bond donors (Lipinski definition) is 0. The Morgan fingerprint density at radius 3 is 2.21 bits per heavy atom. The van der Waals surface area contributed by atoms with Crippen molar-refractivity contribution in [1.82, 2.24) is 4.98 Å². The number of nitrogens with zero attached hydrogens (tertiary/aromatic N) is 3. The SMILES string of the molecule is O=S(=O)(c1ccccc1)c1ccc(N=N[O-])nc1.[Na+]. The van der Waals surface area contributed by atoms with Crippen LogP contribution in [-0.4, -0.2) is 13.4 Å². The van der Waals surface area contributed by atoms with Crippen molar-refractivity contribution < 1.29 is 38.0 Å². The minimum atomic E-state index is -3.58. The molecular formula is C11H8N3NaO3S. The van der Waals surface area contributed by atoms with Gasteiger partial charge in [0.15, 0.2) is 5.82 Å². The summed E-state index contributed by atoms with van der Waals surface area (Å²) in [6.45, 7) is 0. The van der Waals surface area contributed by atoms with E-state index in [0.717, 1.165) is 6.20 Å². The molecule has 1 aromatic carbocycles. The third kappa shape index (κ3) is 3.60. The monoisotopic (exact) mass is 285 g/mol. The van der Waals surface area contributed by atoms with Crippen LogP contribution in [0.1, 0.15) is 0 Å². The van der Waals surface area contributed by atoms with E-state index in [1.807, 2.05) is 0 Å². The van der Waals surface area contributed by atoms with Gasteiger partial charge in [0.25, 0.3) is 0 Å². The predicted molar refractivity (Wildman–Crippen MR) is 64.0 cm³/mol. The van der Waals surface area contributed by atoms with Crippen LogP contribution in [0.15, 0.2) is 68.8 Å². The number of benzene rings is 1. The summed E-state index contributed by atoms with van der Waals surface area (Å²) in [4.78, 5) is 3.95. The van der Waals surface area contributed by atoms with Gasteiger partial charge in [-0.15, -0.1) is 5.11 Å². The van der Waals surface area contributed by atoms with Gasteiger partial charge in [-0.25, -0.2) is 18.7 Å². The maximum Gasteiger partial charge on any atom is 1.00 e.